The minimum Gasteiger partial charge on any atom is -0.466 e. The van der Waals surface area contributed by atoms with Gasteiger partial charge in [0, 0.05) is 16.7 Å². The van der Waals surface area contributed by atoms with Gasteiger partial charge in [-0.1, -0.05) is 19.1 Å². The number of fused-ring (bicyclic) bond motifs is 1. The van der Waals surface area contributed by atoms with E-state index in [0.717, 1.165) is 21.9 Å². The first-order chi connectivity index (χ1) is 13.4. The third-order valence-electron chi connectivity index (χ3n) is 5.13. The molecule has 0 bridgehead atoms. The molecule has 2 aliphatic heterocycles. The third kappa shape index (κ3) is 3.07. The Kier molecular flexibility index (Phi) is 4.66. The van der Waals surface area contributed by atoms with Crippen molar-refractivity contribution in [2.45, 2.75) is 36.0 Å². The highest BCUT2D eigenvalue weighted by Crippen LogP contribution is 2.37. The summed E-state index contributed by atoms with van der Waals surface area (Å²) in [7, 11) is 0. The Morgan fingerprint density at radius 3 is 2.82 bits per heavy atom. The number of thioether (sulfide) groups is 1. The van der Waals surface area contributed by atoms with E-state index in [0.29, 0.717) is 17.6 Å². The maximum atomic E-state index is 13.1. The van der Waals surface area contributed by atoms with Crippen molar-refractivity contribution < 1.29 is 18.8 Å². The molecule has 2 atom stereocenters. The number of anilines is 1. The normalized spacial score (nSPS) is 24.7. The first-order valence-electron chi connectivity index (χ1n) is 9.14. The zero-order valence-corrected chi connectivity index (χ0v) is 16.5. The average Bonchev–Trinajstić information content (AvgIpc) is 3.23. The highest BCUT2D eigenvalue weighted by molar-refractivity contribution is 8.00. The monoisotopic (exact) mass is 399 g/mol. The van der Waals surface area contributed by atoms with E-state index in [9.17, 15) is 14.4 Å². The first-order valence-corrected chi connectivity index (χ1v) is 10.0. The fourth-order valence-corrected chi connectivity index (χ4v) is 4.65. The van der Waals surface area contributed by atoms with Gasteiger partial charge in [-0.3, -0.25) is 14.5 Å². The summed E-state index contributed by atoms with van der Waals surface area (Å²) in [5.41, 5.74) is -0.482. The van der Waals surface area contributed by atoms with Crippen LogP contribution in [0.3, 0.4) is 0 Å². The molecule has 3 heterocycles. The molecular formula is C20H21N3O4S. The van der Waals surface area contributed by atoms with Crippen LogP contribution >= 0.6 is 11.8 Å². The van der Waals surface area contributed by atoms with Gasteiger partial charge >= 0.3 is 6.03 Å². The molecule has 1 aromatic heterocycles. The molecule has 1 saturated heterocycles. The topological polar surface area (TPSA) is 82.9 Å². The molecule has 2 aromatic rings. The van der Waals surface area contributed by atoms with E-state index in [1.54, 1.807) is 35.7 Å². The van der Waals surface area contributed by atoms with Crippen LogP contribution in [0.15, 0.2) is 52.0 Å². The molecule has 8 heteroatoms. The predicted molar refractivity (Wildman–Crippen MR) is 105 cm³/mol. The maximum absolute atomic E-state index is 13.1. The molecule has 1 fully saturated rings. The molecule has 4 rings (SSSR count). The number of rotatable bonds is 3. The summed E-state index contributed by atoms with van der Waals surface area (Å²) in [5.74, 6) is -0.438. The van der Waals surface area contributed by atoms with Crippen LogP contribution in [0.25, 0.3) is 0 Å². The lowest BCUT2D eigenvalue weighted by Gasteiger charge is -2.25. The Labute approximate surface area is 167 Å². The fourth-order valence-electron chi connectivity index (χ4n) is 3.54. The van der Waals surface area contributed by atoms with Crippen LogP contribution in [0.2, 0.25) is 0 Å². The minimum absolute atomic E-state index is 0.283. The summed E-state index contributed by atoms with van der Waals surface area (Å²) in [6.07, 6.45) is 2.27. The van der Waals surface area contributed by atoms with Gasteiger partial charge in [-0.05, 0) is 37.6 Å². The predicted octanol–water partition coefficient (Wildman–Crippen LogP) is 2.96. The third-order valence-corrected chi connectivity index (χ3v) is 6.36. The molecule has 2 unspecified atom stereocenters. The molecule has 0 spiro atoms. The van der Waals surface area contributed by atoms with Gasteiger partial charge < -0.3 is 14.6 Å². The Balaban J connectivity index is 1.57. The van der Waals surface area contributed by atoms with Crippen LogP contribution in [0.5, 0.6) is 0 Å². The molecule has 0 saturated carbocycles. The quantitative estimate of drug-likeness (QED) is 0.803. The lowest BCUT2D eigenvalue weighted by molar-refractivity contribution is -0.134. The van der Waals surface area contributed by atoms with Gasteiger partial charge in [0.1, 0.15) is 12.3 Å². The number of hydrogen-bond donors (Lipinski definition) is 1. The van der Waals surface area contributed by atoms with Gasteiger partial charge in [0.15, 0.2) is 5.54 Å². The van der Waals surface area contributed by atoms with Crippen molar-refractivity contribution in [3.63, 3.8) is 0 Å². The molecule has 1 N–H and O–H groups in total. The summed E-state index contributed by atoms with van der Waals surface area (Å²) >= 11 is 1.73. The highest BCUT2D eigenvalue weighted by atomic mass is 32.2. The summed E-state index contributed by atoms with van der Waals surface area (Å²) in [4.78, 5) is 42.1. The zero-order valence-electron chi connectivity index (χ0n) is 15.7. The van der Waals surface area contributed by atoms with Gasteiger partial charge in [-0.25, -0.2) is 4.79 Å². The Hall–Kier alpha value is -2.74. The molecule has 146 valence electrons. The van der Waals surface area contributed by atoms with Crippen LogP contribution < -0.4 is 10.2 Å². The highest BCUT2D eigenvalue weighted by Gasteiger charge is 2.51. The number of nitrogens with zero attached hydrogens (tertiary/aromatic N) is 2. The number of imide groups is 1. The van der Waals surface area contributed by atoms with Crippen LogP contribution in [-0.2, 0) is 15.1 Å². The number of urea groups is 1. The summed E-state index contributed by atoms with van der Waals surface area (Å²) in [5, 5.41) is 3.02. The summed E-state index contributed by atoms with van der Waals surface area (Å²) in [6, 6.07) is 10.4. The van der Waals surface area contributed by atoms with E-state index in [-0.39, 0.29) is 12.5 Å². The van der Waals surface area contributed by atoms with E-state index in [2.05, 4.69) is 12.2 Å². The summed E-state index contributed by atoms with van der Waals surface area (Å²) in [6.45, 7) is 3.94. The number of carbonyl (C=O) groups excluding carboxylic acids is 3. The number of nitrogens with one attached hydrogen (secondary N) is 1. The average molecular weight is 399 g/mol. The van der Waals surface area contributed by atoms with E-state index >= 15 is 0 Å². The van der Waals surface area contributed by atoms with Crippen LogP contribution in [0.1, 0.15) is 26.0 Å². The molecule has 28 heavy (non-hydrogen) atoms. The van der Waals surface area contributed by atoms with Crippen molar-refractivity contribution in [2.75, 3.05) is 18.0 Å². The molecular weight excluding hydrogens is 378 g/mol. The Morgan fingerprint density at radius 1 is 1.29 bits per heavy atom. The van der Waals surface area contributed by atoms with Gasteiger partial charge in [-0.2, -0.15) is 0 Å². The molecule has 1 aromatic carbocycles. The fraction of sp³-hybridized carbons (Fsp3) is 0.350. The SMILES string of the molecule is CC1CCN(C(=O)CN2C(=O)NC(C)(c3ccco3)C2=O)c2ccccc2S1. The van der Waals surface area contributed by atoms with Crippen molar-refractivity contribution in [2.24, 2.45) is 0 Å². The van der Waals surface area contributed by atoms with Crippen molar-refractivity contribution in [3.8, 4) is 0 Å². The number of amides is 4. The van der Waals surface area contributed by atoms with Crippen molar-refractivity contribution in [1.29, 1.82) is 0 Å². The zero-order chi connectivity index (χ0) is 19.9. The molecule has 4 amide bonds. The van der Waals surface area contributed by atoms with Gasteiger partial charge in [0.2, 0.25) is 5.91 Å². The first kappa shape index (κ1) is 18.6. The molecule has 0 radical (unpaired) electrons. The standard InChI is InChI=1S/C20H21N3O4S/c1-13-9-10-22(14-6-3-4-7-15(14)28-13)17(24)12-23-18(25)20(2,21-19(23)26)16-8-5-11-27-16/h3-8,11,13H,9-10,12H2,1-2H3,(H,21,26). The molecule has 7 nitrogen and oxygen atoms in total. The van der Waals surface area contributed by atoms with Crippen molar-refractivity contribution in [3.05, 3.63) is 48.4 Å². The van der Waals surface area contributed by atoms with Crippen LogP contribution in [0, 0.1) is 0 Å². The number of para-hydroxylation sites is 1. The van der Waals surface area contributed by atoms with Gasteiger partial charge in [0.05, 0.1) is 12.0 Å². The maximum Gasteiger partial charge on any atom is 0.325 e. The molecule has 0 aliphatic carbocycles. The molecule has 2 aliphatic rings. The number of hydrogen-bond acceptors (Lipinski definition) is 5. The van der Waals surface area contributed by atoms with Crippen LogP contribution in [0.4, 0.5) is 10.5 Å². The van der Waals surface area contributed by atoms with Crippen molar-refractivity contribution in [1.82, 2.24) is 10.2 Å². The van der Waals surface area contributed by atoms with E-state index in [1.165, 1.54) is 6.26 Å². The lowest BCUT2D eigenvalue weighted by atomic mass is 9.99. The second-order valence-electron chi connectivity index (χ2n) is 7.15. The van der Waals surface area contributed by atoms with Gasteiger partial charge in [-0.15, -0.1) is 11.8 Å². The minimum atomic E-state index is -1.30. The number of carbonyl (C=O) groups is 3. The second kappa shape index (κ2) is 7.01. The van der Waals surface area contributed by atoms with Crippen LogP contribution in [-0.4, -0.2) is 41.1 Å². The number of benzene rings is 1. The number of furan rings is 1. The van der Waals surface area contributed by atoms with Gasteiger partial charge in [0.25, 0.3) is 5.91 Å². The largest absolute Gasteiger partial charge is 0.466 e. The second-order valence-corrected chi connectivity index (χ2v) is 8.63. The van der Waals surface area contributed by atoms with E-state index in [1.807, 2.05) is 24.3 Å². The lowest BCUT2D eigenvalue weighted by Crippen LogP contribution is -2.45. The summed E-state index contributed by atoms with van der Waals surface area (Å²) < 4.78 is 5.32. The Bertz CT molecular complexity index is 929. The van der Waals surface area contributed by atoms with Crippen molar-refractivity contribution >= 4 is 35.3 Å². The smallest absolute Gasteiger partial charge is 0.325 e. The Morgan fingerprint density at radius 2 is 2.07 bits per heavy atom. The van der Waals surface area contributed by atoms with E-state index in [4.69, 9.17) is 4.42 Å². The van der Waals surface area contributed by atoms with E-state index < -0.39 is 17.5 Å².